The average Bonchev–Trinajstić information content (AvgIpc) is 3.07. The lowest BCUT2D eigenvalue weighted by Crippen LogP contribution is -2.34. The normalized spacial score (nSPS) is 17.8. The van der Waals surface area contributed by atoms with Crippen molar-refractivity contribution in [2.24, 2.45) is 0 Å². The Balaban J connectivity index is 1.55. The number of para-hydroxylation sites is 2. The van der Waals surface area contributed by atoms with Crippen molar-refractivity contribution in [1.82, 2.24) is 4.90 Å². The lowest BCUT2D eigenvalue weighted by molar-refractivity contribution is 0.306. The van der Waals surface area contributed by atoms with Crippen molar-refractivity contribution in [2.75, 3.05) is 13.1 Å². The van der Waals surface area contributed by atoms with E-state index in [-0.39, 0.29) is 5.41 Å². The second-order valence-corrected chi connectivity index (χ2v) is 7.12. The van der Waals surface area contributed by atoms with Crippen LogP contribution in [0.1, 0.15) is 23.1 Å². The number of likely N-dealkylation sites (tertiary alicyclic amines) is 1. The number of rotatable bonds is 2. The maximum Gasteiger partial charge on any atom is 0.131 e. The van der Waals surface area contributed by atoms with Gasteiger partial charge in [0.1, 0.15) is 11.5 Å². The Hall–Kier alpha value is -2.58. The third kappa shape index (κ3) is 2.37. The van der Waals surface area contributed by atoms with Crippen LogP contribution in [0.5, 0.6) is 11.5 Å². The molecule has 1 fully saturated rings. The minimum absolute atomic E-state index is 0.0419. The van der Waals surface area contributed by atoms with Gasteiger partial charge in [0.15, 0.2) is 0 Å². The fourth-order valence-corrected chi connectivity index (χ4v) is 4.47. The second kappa shape index (κ2) is 5.75. The van der Waals surface area contributed by atoms with Crippen LogP contribution in [-0.2, 0) is 12.0 Å². The summed E-state index contributed by atoms with van der Waals surface area (Å²) in [5.74, 6) is 2.03. The smallest absolute Gasteiger partial charge is 0.131 e. The summed E-state index contributed by atoms with van der Waals surface area (Å²) in [6.07, 6.45) is 1.14. The summed E-state index contributed by atoms with van der Waals surface area (Å²) in [4.78, 5) is 2.58. The Labute approximate surface area is 148 Å². The highest BCUT2D eigenvalue weighted by Gasteiger charge is 2.46. The molecule has 2 heterocycles. The summed E-state index contributed by atoms with van der Waals surface area (Å²) < 4.78 is 6.20. The van der Waals surface area contributed by atoms with Crippen LogP contribution in [0.25, 0.3) is 0 Å². The molecule has 5 rings (SSSR count). The summed E-state index contributed by atoms with van der Waals surface area (Å²) >= 11 is 0. The van der Waals surface area contributed by atoms with Gasteiger partial charge >= 0.3 is 0 Å². The van der Waals surface area contributed by atoms with Gasteiger partial charge in [0.2, 0.25) is 0 Å². The topological polar surface area (TPSA) is 12.5 Å². The second-order valence-electron chi connectivity index (χ2n) is 7.12. The Morgan fingerprint density at radius 1 is 0.760 bits per heavy atom. The highest BCUT2D eigenvalue weighted by molar-refractivity contribution is 5.58. The highest BCUT2D eigenvalue weighted by atomic mass is 16.5. The van der Waals surface area contributed by atoms with E-state index >= 15 is 0 Å². The minimum atomic E-state index is 0.0419. The van der Waals surface area contributed by atoms with E-state index in [0.29, 0.717) is 0 Å². The molecular weight excluding hydrogens is 306 g/mol. The van der Waals surface area contributed by atoms with Crippen LogP contribution in [0.3, 0.4) is 0 Å². The van der Waals surface area contributed by atoms with Crippen LogP contribution in [0.4, 0.5) is 0 Å². The van der Waals surface area contributed by atoms with Crippen molar-refractivity contribution in [3.8, 4) is 11.5 Å². The molecule has 3 aromatic rings. The van der Waals surface area contributed by atoms with Crippen molar-refractivity contribution >= 4 is 0 Å². The van der Waals surface area contributed by atoms with E-state index in [1.54, 1.807) is 0 Å². The van der Waals surface area contributed by atoms with E-state index in [1.165, 1.54) is 16.7 Å². The molecule has 2 aliphatic rings. The Bertz CT molecular complexity index is 857. The zero-order chi connectivity index (χ0) is 16.7. The molecule has 2 nitrogen and oxygen atoms in total. The van der Waals surface area contributed by atoms with Crippen molar-refractivity contribution in [3.05, 3.63) is 95.6 Å². The maximum atomic E-state index is 6.20. The van der Waals surface area contributed by atoms with Gasteiger partial charge in [-0.15, -0.1) is 0 Å². The van der Waals surface area contributed by atoms with Crippen molar-refractivity contribution in [2.45, 2.75) is 18.4 Å². The number of nitrogens with zero attached hydrogens (tertiary/aromatic N) is 1. The predicted molar refractivity (Wildman–Crippen MR) is 100 cm³/mol. The molecule has 0 atom stereocenters. The first kappa shape index (κ1) is 14.7. The van der Waals surface area contributed by atoms with E-state index in [4.69, 9.17) is 4.74 Å². The molecule has 25 heavy (non-hydrogen) atoms. The Kier molecular flexibility index (Phi) is 3.39. The van der Waals surface area contributed by atoms with Crippen LogP contribution < -0.4 is 4.74 Å². The monoisotopic (exact) mass is 327 g/mol. The van der Waals surface area contributed by atoms with Gasteiger partial charge in [0.05, 0.1) is 0 Å². The molecule has 124 valence electrons. The summed E-state index contributed by atoms with van der Waals surface area (Å²) in [5.41, 5.74) is 4.10. The fourth-order valence-electron chi connectivity index (χ4n) is 4.47. The SMILES string of the molecule is c1ccc(CN2CCC3(C2)c2ccccc2Oc2ccccc23)cc1. The molecular formula is C23H21NO. The molecule has 1 saturated heterocycles. The largest absolute Gasteiger partial charge is 0.457 e. The number of ether oxygens (including phenoxy) is 1. The van der Waals surface area contributed by atoms with Gasteiger partial charge in [-0.3, -0.25) is 4.90 Å². The molecule has 0 amide bonds. The number of benzene rings is 3. The molecule has 2 heteroatoms. The third-order valence-corrected chi connectivity index (χ3v) is 5.62. The van der Waals surface area contributed by atoms with Crippen molar-refractivity contribution < 1.29 is 4.74 Å². The zero-order valence-electron chi connectivity index (χ0n) is 14.2. The van der Waals surface area contributed by atoms with Gasteiger partial charge in [0, 0.05) is 29.6 Å². The minimum Gasteiger partial charge on any atom is -0.457 e. The van der Waals surface area contributed by atoms with Gasteiger partial charge in [-0.1, -0.05) is 66.7 Å². The first-order valence-corrected chi connectivity index (χ1v) is 8.98. The van der Waals surface area contributed by atoms with Gasteiger partial charge in [-0.25, -0.2) is 0 Å². The van der Waals surface area contributed by atoms with Crippen molar-refractivity contribution in [1.29, 1.82) is 0 Å². The summed E-state index contributed by atoms with van der Waals surface area (Å²) in [5, 5.41) is 0. The lowest BCUT2D eigenvalue weighted by atomic mass is 9.72. The standard InChI is InChI=1S/C23H21NO/c1-2-8-18(9-3-1)16-24-15-14-23(17-24)19-10-4-6-12-21(19)25-22-13-7-5-11-20(22)23/h1-13H,14-17H2. The van der Waals surface area contributed by atoms with E-state index in [0.717, 1.165) is 37.6 Å². The van der Waals surface area contributed by atoms with E-state index in [1.807, 2.05) is 0 Å². The van der Waals surface area contributed by atoms with Crippen LogP contribution in [-0.4, -0.2) is 18.0 Å². The molecule has 2 aliphatic heterocycles. The zero-order valence-corrected chi connectivity index (χ0v) is 14.2. The molecule has 3 aromatic carbocycles. The molecule has 0 bridgehead atoms. The summed E-state index contributed by atoms with van der Waals surface area (Å²) in [6, 6.07) is 27.9. The van der Waals surface area contributed by atoms with Gasteiger partial charge in [0.25, 0.3) is 0 Å². The summed E-state index contributed by atoms with van der Waals surface area (Å²) in [7, 11) is 0. The van der Waals surface area contributed by atoms with Crippen LogP contribution in [0.2, 0.25) is 0 Å². The van der Waals surface area contributed by atoms with Gasteiger partial charge in [-0.2, -0.15) is 0 Å². The first-order chi connectivity index (χ1) is 12.4. The molecule has 1 spiro atoms. The van der Waals surface area contributed by atoms with E-state index in [9.17, 15) is 0 Å². The molecule has 0 aliphatic carbocycles. The van der Waals surface area contributed by atoms with Gasteiger partial charge < -0.3 is 4.74 Å². The quantitative estimate of drug-likeness (QED) is 0.658. The highest BCUT2D eigenvalue weighted by Crippen LogP contribution is 2.52. The Morgan fingerprint density at radius 3 is 2.04 bits per heavy atom. The van der Waals surface area contributed by atoms with E-state index < -0.39 is 0 Å². The maximum absolute atomic E-state index is 6.20. The predicted octanol–water partition coefficient (Wildman–Crippen LogP) is 4.98. The molecule has 0 N–H and O–H groups in total. The number of fused-ring (bicyclic) bond motifs is 4. The van der Waals surface area contributed by atoms with Crippen LogP contribution >= 0.6 is 0 Å². The molecule has 0 radical (unpaired) electrons. The van der Waals surface area contributed by atoms with Crippen LogP contribution in [0, 0.1) is 0 Å². The lowest BCUT2D eigenvalue weighted by Gasteiger charge is -2.37. The summed E-state index contributed by atoms with van der Waals surface area (Å²) in [6.45, 7) is 3.16. The fraction of sp³-hybridized carbons (Fsp3) is 0.217. The van der Waals surface area contributed by atoms with Crippen LogP contribution in [0.15, 0.2) is 78.9 Å². The molecule has 0 aromatic heterocycles. The van der Waals surface area contributed by atoms with Gasteiger partial charge in [-0.05, 0) is 30.7 Å². The average molecular weight is 327 g/mol. The van der Waals surface area contributed by atoms with Crippen molar-refractivity contribution in [3.63, 3.8) is 0 Å². The number of hydrogen-bond acceptors (Lipinski definition) is 2. The molecule has 0 unspecified atom stereocenters. The third-order valence-electron chi connectivity index (χ3n) is 5.62. The number of hydrogen-bond donors (Lipinski definition) is 0. The van der Waals surface area contributed by atoms with E-state index in [2.05, 4.69) is 83.8 Å². The molecule has 0 saturated carbocycles. The first-order valence-electron chi connectivity index (χ1n) is 8.98. The Morgan fingerprint density at radius 2 is 1.36 bits per heavy atom.